The van der Waals surface area contributed by atoms with Crippen molar-refractivity contribution in [2.75, 3.05) is 16.8 Å². The fourth-order valence-electron chi connectivity index (χ4n) is 2.49. The van der Waals surface area contributed by atoms with E-state index in [-0.39, 0.29) is 5.91 Å². The molecule has 0 aliphatic rings. The van der Waals surface area contributed by atoms with Gasteiger partial charge in [0.15, 0.2) is 0 Å². The standard InChI is InChI=1S/C21H20N2OS/c1-2-25-20-13-7-17(8-14-20)21(24)23-19-11-5-16(6-12-19)15-3-9-18(22)10-4-15/h3-14H,2,22H2,1H3,(H,23,24). The van der Waals surface area contributed by atoms with Crippen LogP contribution in [0.2, 0.25) is 0 Å². The van der Waals surface area contributed by atoms with Gasteiger partial charge in [0.05, 0.1) is 0 Å². The van der Waals surface area contributed by atoms with Crippen molar-refractivity contribution in [1.29, 1.82) is 0 Å². The molecule has 126 valence electrons. The van der Waals surface area contributed by atoms with Crippen LogP contribution in [0.3, 0.4) is 0 Å². The molecule has 3 nitrogen and oxygen atoms in total. The Morgan fingerprint density at radius 3 is 2.00 bits per heavy atom. The number of anilines is 2. The highest BCUT2D eigenvalue weighted by atomic mass is 32.2. The van der Waals surface area contributed by atoms with Gasteiger partial charge in [-0.1, -0.05) is 31.2 Å². The number of nitrogens with one attached hydrogen (secondary N) is 1. The SMILES string of the molecule is CCSc1ccc(C(=O)Nc2ccc(-c3ccc(N)cc3)cc2)cc1. The molecule has 0 aliphatic carbocycles. The lowest BCUT2D eigenvalue weighted by molar-refractivity contribution is 0.102. The Balaban J connectivity index is 1.68. The van der Waals surface area contributed by atoms with E-state index < -0.39 is 0 Å². The summed E-state index contributed by atoms with van der Waals surface area (Å²) in [5.41, 5.74) is 10.1. The molecular weight excluding hydrogens is 328 g/mol. The molecule has 0 aromatic heterocycles. The third-order valence-electron chi connectivity index (χ3n) is 3.81. The van der Waals surface area contributed by atoms with Gasteiger partial charge >= 0.3 is 0 Å². The van der Waals surface area contributed by atoms with Gasteiger partial charge in [0.2, 0.25) is 0 Å². The number of nitrogen functional groups attached to an aromatic ring is 1. The largest absolute Gasteiger partial charge is 0.399 e. The third-order valence-corrected chi connectivity index (χ3v) is 4.71. The Labute approximate surface area is 152 Å². The molecule has 3 aromatic carbocycles. The first-order valence-electron chi connectivity index (χ1n) is 8.16. The Hall–Kier alpha value is -2.72. The van der Waals surface area contributed by atoms with E-state index in [2.05, 4.69) is 12.2 Å². The number of carbonyl (C=O) groups excluding carboxylic acids is 1. The molecule has 4 heteroatoms. The second kappa shape index (κ2) is 7.90. The van der Waals surface area contributed by atoms with Crippen LogP contribution in [0.25, 0.3) is 11.1 Å². The molecule has 3 aromatic rings. The third kappa shape index (κ3) is 4.43. The molecule has 0 heterocycles. The minimum Gasteiger partial charge on any atom is -0.399 e. The first-order chi connectivity index (χ1) is 12.2. The molecule has 0 spiro atoms. The smallest absolute Gasteiger partial charge is 0.255 e. The molecule has 1 amide bonds. The minimum atomic E-state index is -0.103. The second-order valence-electron chi connectivity index (χ2n) is 5.61. The molecule has 0 atom stereocenters. The summed E-state index contributed by atoms with van der Waals surface area (Å²) in [5, 5.41) is 2.93. The van der Waals surface area contributed by atoms with Gasteiger partial charge in [0.25, 0.3) is 5.91 Å². The Kier molecular flexibility index (Phi) is 5.41. The van der Waals surface area contributed by atoms with E-state index in [1.54, 1.807) is 11.8 Å². The average molecular weight is 348 g/mol. The fourth-order valence-corrected chi connectivity index (χ4v) is 3.16. The van der Waals surface area contributed by atoms with E-state index in [0.717, 1.165) is 28.3 Å². The number of hydrogen-bond acceptors (Lipinski definition) is 3. The summed E-state index contributed by atoms with van der Waals surface area (Å²) >= 11 is 1.76. The summed E-state index contributed by atoms with van der Waals surface area (Å²) in [6, 6.07) is 23.2. The minimum absolute atomic E-state index is 0.103. The van der Waals surface area contributed by atoms with Crippen LogP contribution in [0.4, 0.5) is 11.4 Å². The normalized spacial score (nSPS) is 10.4. The van der Waals surface area contributed by atoms with Crippen LogP contribution in [0.1, 0.15) is 17.3 Å². The van der Waals surface area contributed by atoms with Gasteiger partial charge < -0.3 is 11.1 Å². The molecule has 3 rings (SSSR count). The van der Waals surface area contributed by atoms with Crippen LogP contribution in [-0.4, -0.2) is 11.7 Å². The maximum atomic E-state index is 12.3. The van der Waals surface area contributed by atoms with Crippen LogP contribution in [-0.2, 0) is 0 Å². The van der Waals surface area contributed by atoms with Gasteiger partial charge in [-0.25, -0.2) is 0 Å². The highest BCUT2D eigenvalue weighted by Crippen LogP contribution is 2.23. The van der Waals surface area contributed by atoms with E-state index in [9.17, 15) is 4.79 Å². The van der Waals surface area contributed by atoms with Gasteiger partial charge in [-0.2, -0.15) is 0 Å². The van der Waals surface area contributed by atoms with Crippen molar-refractivity contribution in [3.8, 4) is 11.1 Å². The predicted molar refractivity (Wildman–Crippen MR) is 107 cm³/mol. The quantitative estimate of drug-likeness (QED) is 0.486. The molecule has 0 fully saturated rings. The monoisotopic (exact) mass is 348 g/mol. The molecule has 0 aliphatic heterocycles. The first-order valence-corrected chi connectivity index (χ1v) is 9.14. The van der Waals surface area contributed by atoms with Crippen LogP contribution < -0.4 is 11.1 Å². The molecule has 0 saturated heterocycles. The van der Waals surface area contributed by atoms with Gasteiger partial charge in [-0.3, -0.25) is 4.79 Å². The van der Waals surface area contributed by atoms with E-state index in [4.69, 9.17) is 5.73 Å². The fraction of sp³-hybridized carbons (Fsp3) is 0.0952. The first kappa shape index (κ1) is 17.1. The maximum Gasteiger partial charge on any atom is 0.255 e. The number of rotatable bonds is 5. The lowest BCUT2D eigenvalue weighted by Crippen LogP contribution is -2.11. The Bertz CT molecular complexity index is 841. The number of hydrogen-bond donors (Lipinski definition) is 2. The summed E-state index contributed by atoms with van der Waals surface area (Å²) in [5.74, 6) is 0.916. The topological polar surface area (TPSA) is 55.1 Å². The zero-order valence-electron chi connectivity index (χ0n) is 14.0. The van der Waals surface area contributed by atoms with E-state index in [0.29, 0.717) is 5.56 Å². The zero-order chi connectivity index (χ0) is 17.6. The van der Waals surface area contributed by atoms with E-state index in [1.807, 2.05) is 72.8 Å². The van der Waals surface area contributed by atoms with E-state index in [1.165, 1.54) is 4.90 Å². The number of thioether (sulfide) groups is 1. The summed E-state index contributed by atoms with van der Waals surface area (Å²) in [7, 11) is 0. The molecule has 3 N–H and O–H groups in total. The number of carbonyl (C=O) groups is 1. The van der Waals surface area contributed by atoms with Gasteiger partial charge in [-0.05, 0) is 65.4 Å². The van der Waals surface area contributed by atoms with Crippen molar-refractivity contribution in [2.45, 2.75) is 11.8 Å². The van der Waals surface area contributed by atoms with Crippen molar-refractivity contribution < 1.29 is 4.79 Å². The molecule has 25 heavy (non-hydrogen) atoms. The van der Waals surface area contributed by atoms with Crippen LogP contribution in [0.15, 0.2) is 77.7 Å². The van der Waals surface area contributed by atoms with Crippen molar-refractivity contribution in [2.24, 2.45) is 0 Å². The van der Waals surface area contributed by atoms with Crippen LogP contribution >= 0.6 is 11.8 Å². The molecule has 0 radical (unpaired) electrons. The summed E-state index contributed by atoms with van der Waals surface area (Å²) in [6.45, 7) is 2.11. The number of benzene rings is 3. The lowest BCUT2D eigenvalue weighted by atomic mass is 10.1. The van der Waals surface area contributed by atoms with Crippen molar-refractivity contribution >= 4 is 29.0 Å². The highest BCUT2D eigenvalue weighted by Gasteiger charge is 2.06. The van der Waals surface area contributed by atoms with Crippen molar-refractivity contribution in [1.82, 2.24) is 0 Å². The van der Waals surface area contributed by atoms with Gasteiger partial charge in [0.1, 0.15) is 0 Å². The molecular formula is C21H20N2OS. The number of amides is 1. The highest BCUT2D eigenvalue weighted by molar-refractivity contribution is 7.99. The Morgan fingerprint density at radius 2 is 1.44 bits per heavy atom. The zero-order valence-corrected chi connectivity index (χ0v) is 14.8. The summed E-state index contributed by atoms with van der Waals surface area (Å²) in [6.07, 6.45) is 0. The molecule has 0 bridgehead atoms. The lowest BCUT2D eigenvalue weighted by Gasteiger charge is -2.08. The maximum absolute atomic E-state index is 12.3. The molecule has 0 saturated carbocycles. The average Bonchev–Trinajstić information content (AvgIpc) is 2.64. The van der Waals surface area contributed by atoms with Crippen LogP contribution in [0, 0.1) is 0 Å². The second-order valence-corrected chi connectivity index (χ2v) is 6.95. The summed E-state index contributed by atoms with van der Waals surface area (Å²) < 4.78 is 0. The van der Waals surface area contributed by atoms with Crippen molar-refractivity contribution in [3.63, 3.8) is 0 Å². The summed E-state index contributed by atoms with van der Waals surface area (Å²) in [4.78, 5) is 13.5. The van der Waals surface area contributed by atoms with Gasteiger partial charge in [0, 0.05) is 21.8 Å². The van der Waals surface area contributed by atoms with Crippen LogP contribution in [0.5, 0.6) is 0 Å². The molecule has 0 unspecified atom stereocenters. The predicted octanol–water partition coefficient (Wildman–Crippen LogP) is 5.30. The number of nitrogens with two attached hydrogens (primary N) is 1. The van der Waals surface area contributed by atoms with E-state index >= 15 is 0 Å². The van der Waals surface area contributed by atoms with Crippen molar-refractivity contribution in [3.05, 3.63) is 78.4 Å². The van der Waals surface area contributed by atoms with Gasteiger partial charge in [-0.15, -0.1) is 11.8 Å². The Morgan fingerprint density at radius 1 is 0.880 bits per heavy atom.